The van der Waals surface area contributed by atoms with E-state index in [4.69, 9.17) is 5.73 Å². The van der Waals surface area contributed by atoms with Gasteiger partial charge in [-0.25, -0.2) is 8.78 Å². The summed E-state index contributed by atoms with van der Waals surface area (Å²) in [5.74, 6) is -0.899. The summed E-state index contributed by atoms with van der Waals surface area (Å²) in [5.41, 5.74) is 5.82. The Morgan fingerprint density at radius 3 is 2.20 bits per heavy atom. The number of rotatable bonds is 3. The van der Waals surface area contributed by atoms with E-state index in [1.807, 2.05) is 0 Å². The van der Waals surface area contributed by atoms with Gasteiger partial charge in [0.15, 0.2) is 0 Å². The van der Waals surface area contributed by atoms with E-state index in [0.717, 1.165) is 19.3 Å². The van der Waals surface area contributed by atoms with E-state index in [1.54, 1.807) is 0 Å². The number of hydrogen-bond donors (Lipinski definition) is 1. The third-order valence-electron chi connectivity index (χ3n) is 3.46. The molecule has 0 saturated heterocycles. The Labute approximate surface area is 88.3 Å². The maximum absolute atomic E-state index is 13.4. The molecule has 1 fully saturated rings. The van der Waals surface area contributed by atoms with Gasteiger partial charge in [0.25, 0.3) is 0 Å². The summed E-state index contributed by atoms with van der Waals surface area (Å²) in [5, 5.41) is 0. The number of hydrogen-bond acceptors (Lipinski definition) is 1. The van der Waals surface area contributed by atoms with Crippen molar-refractivity contribution < 1.29 is 8.78 Å². The molecule has 0 aliphatic heterocycles. The summed E-state index contributed by atoms with van der Waals surface area (Å²) in [6.45, 7) is 0.515. The lowest BCUT2D eigenvalue weighted by Crippen LogP contribution is -2.39. The minimum atomic E-state index is -0.449. The van der Waals surface area contributed by atoms with Crippen molar-refractivity contribution in [3.05, 3.63) is 35.4 Å². The molecule has 0 radical (unpaired) electrons. The standard InChI is InChI=1S/C12H15F2N/c13-10-3-1-4-11(14)9(10)7-12(8-15)5-2-6-12/h1,3-4H,2,5-8,15H2. The topological polar surface area (TPSA) is 26.0 Å². The third kappa shape index (κ3) is 1.88. The zero-order chi connectivity index (χ0) is 10.9. The van der Waals surface area contributed by atoms with Crippen LogP contribution in [0.4, 0.5) is 8.78 Å². The van der Waals surface area contributed by atoms with E-state index in [9.17, 15) is 8.78 Å². The van der Waals surface area contributed by atoms with Crippen molar-refractivity contribution in [1.29, 1.82) is 0 Å². The highest BCUT2D eigenvalue weighted by molar-refractivity contribution is 5.22. The van der Waals surface area contributed by atoms with Gasteiger partial charge in [-0.05, 0) is 43.4 Å². The average Bonchev–Trinajstić information content (AvgIpc) is 2.15. The summed E-state index contributed by atoms with van der Waals surface area (Å²) >= 11 is 0. The largest absolute Gasteiger partial charge is 0.330 e. The van der Waals surface area contributed by atoms with Gasteiger partial charge in [0.1, 0.15) is 11.6 Å². The Bertz CT molecular complexity index is 333. The van der Waals surface area contributed by atoms with E-state index in [1.165, 1.54) is 18.2 Å². The van der Waals surface area contributed by atoms with Gasteiger partial charge < -0.3 is 5.73 Å². The van der Waals surface area contributed by atoms with Crippen molar-refractivity contribution in [3.8, 4) is 0 Å². The van der Waals surface area contributed by atoms with Crippen molar-refractivity contribution in [1.82, 2.24) is 0 Å². The minimum Gasteiger partial charge on any atom is -0.330 e. The number of halogens is 2. The van der Waals surface area contributed by atoms with Crippen LogP contribution in [0.1, 0.15) is 24.8 Å². The van der Waals surface area contributed by atoms with Crippen LogP contribution in [0.3, 0.4) is 0 Å². The van der Waals surface area contributed by atoms with Crippen LogP contribution in [0, 0.1) is 17.0 Å². The minimum absolute atomic E-state index is 0.0525. The Balaban J connectivity index is 2.23. The SMILES string of the molecule is NCC1(Cc2c(F)cccc2F)CCC1. The molecule has 0 heterocycles. The maximum Gasteiger partial charge on any atom is 0.129 e. The number of nitrogens with two attached hydrogens (primary N) is 1. The fourth-order valence-electron chi connectivity index (χ4n) is 2.21. The molecule has 1 nitrogen and oxygen atoms in total. The van der Waals surface area contributed by atoms with Crippen molar-refractivity contribution in [2.24, 2.45) is 11.1 Å². The molecule has 0 bridgehead atoms. The van der Waals surface area contributed by atoms with E-state index >= 15 is 0 Å². The van der Waals surface area contributed by atoms with Crippen molar-refractivity contribution in [3.63, 3.8) is 0 Å². The van der Waals surface area contributed by atoms with E-state index < -0.39 is 11.6 Å². The van der Waals surface area contributed by atoms with Crippen molar-refractivity contribution in [2.75, 3.05) is 6.54 Å². The van der Waals surface area contributed by atoms with Crippen LogP contribution >= 0.6 is 0 Å². The molecule has 0 atom stereocenters. The fourth-order valence-corrected chi connectivity index (χ4v) is 2.21. The van der Waals surface area contributed by atoms with Crippen LogP contribution in [0.15, 0.2) is 18.2 Å². The Kier molecular flexibility index (Phi) is 2.74. The van der Waals surface area contributed by atoms with Gasteiger partial charge in [-0.2, -0.15) is 0 Å². The fraction of sp³-hybridized carbons (Fsp3) is 0.500. The highest BCUT2D eigenvalue weighted by Gasteiger charge is 2.36. The first kappa shape index (κ1) is 10.6. The lowest BCUT2D eigenvalue weighted by atomic mass is 9.65. The van der Waals surface area contributed by atoms with E-state index in [-0.39, 0.29) is 11.0 Å². The van der Waals surface area contributed by atoms with Crippen LogP contribution in [-0.4, -0.2) is 6.54 Å². The monoisotopic (exact) mass is 211 g/mol. The summed E-state index contributed by atoms with van der Waals surface area (Å²) in [6.07, 6.45) is 3.52. The number of benzene rings is 1. The zero-order valence-electron chi connectivity index (χ0n) is 8.60. The van der Waals surface area contributed by atoms with Crippen LogP contribution in [-0.2, 0) is 6.42 Å². The van der Waals surface area contributed by atoms with Crippen LogP contribution in [0.25, 0.3) is 0 Å². The predicted octanol–water partition coefficient (Wildman–Crippen LogP) is 2.64. The molecule has 0 amide bonds. The summed E-state index contributed by atoms with van der Waals surface area (Å²) in [4.78, 5) is 0. The molecule has 15 heavy (non-hydrogen) atoms. The van der Waals surface area contributed by atoms with Gasteiger partial charge in [0.2, 0.25) is 0 Å². The predicted molar refractivity (Wildman–Crippen MR) is 55.4 cm³/mol. The van der Waals surface area contributed by atoms with E-state index in [2.05, 4.69) is 0 Å². The molecule has 0 unspecified atom stereocenters. The lowest BCUT2D eigenvalue weighted by Gasteiger charge is -2.41. The molecular weight excluding hydrogens is 196 g/mol. The lowest BCUT2D eigenvalue weighted by molar-refractivity contribution is 0.141. The Hall–Kier alpha value is -0.960. The second-order valence-electron chi connectivity index (χ2n) is 4.43. The Morgan fingerprint density at radius 2 is 1.80 bits per heavy atom. The third-order valence-corrected chi connectivity index (χ3v) is 3.46. The first-order valence-electron chi connectivity index (χ1n) is 5.30. The molecule has 0 spiro atoms. The molecular formula is C12H15F2N. The highest BCUT2D eigenvalue weighted by atomic mass is 19.1. The molecule has 1 aromatic rings. The van der Waals surface area contributed by atoms with Gasteiger partial charge >= 0.3 is 0 Å². The van der Waals surface area contributed by atoms with Crippen LogP contribution < -0.4 is 5.73 Å². The maximum atomic E-state index is 13.4. The molecule has 0 aromatic heterocycles. The zero-order valence-corrected chi connectivity index (χ0v) is 8.60. The first-order valence-corrected chi connectivity index (χ1v) is 5.30. The normalized spacial score (nSPS) is 18.6. The molecule has 1 aromatic carbocycles. The van der Waals surface area contributed by atoms with Gasteiger partial charge in [0, 0.05) is 5.56 Å². The second-order valence-corrected chi connectivity index (χ2v) is 4.43. The molecule has 1 saturated carbocycles. The molecule has 3 heteroatoms. The molecule has 1 aliphatic carbocycles. The summed E-state index contributed by atoms with van der Waals surface area (Å²) in [6, 6.07) is 4.01. The van der Waals surface area contributed by atoms with Crippen LogP contribution in [0.5, 0.6) is 0 Å². The summed E-state index contributed by atoms with van der Waals surface area (Å²) in [7, 11) is 0. The van der Waals surface area contributed by atoms with Gasteiger partial charge in [-0.15, -0.1) is 0 Å². The molecule has 1 aliphatic rings. The Morgan fingerprint density at radius 1 is 1.20 bits per heavy atom. The van der Waals surface area contributed by atoms with Crippen molar-refractivity contribution >= 4 is 0 Å². The average molecular weight is 211 g/mol. The second kappa shape index (κ2) is 3.89. The first-order chi connectivity index (χ1) is 7.17. The molecule has 2 rings (SSSR count). The van der Waals surface area contributed by atoms with E-state index in [0.29, 0.717) is 13.0 Å². The van der Waals surface area contributed by atoms with Gasteiger partial charge in [0.05, 0.1) is 0 Å². The summed E-state index contributed by atoms with van der Waals surface area (Å²) < 4.78 is 26.8. The van der Waals surface area contributed by atoms with Crippen molar-refractivity contribution in [2.45, 2.75) is 25.7 Å². The van der Waals surface area contributed by atoms with Gasteiger partial charge in [-0.1, -0.05) is 12.5 Å². The highest BCUT2D eigenvalue weighted by Crippen LogP contribution is 2.43. The smallest absolute Gasteiger partial charge is 0.129 e. The van der Waals surface area contributed by atoms with Crippen LogP contribution in [0.2, 0.25) is 0 Å². The van der Waals surface area contributed by atoms with Gasteiger partial charge in [-0.3, -0.25) is 0 Å². The molecule has 2 N–H and O–H groups in total. The quantitative estimate of drug-likeness (QED) is 0.817. The molecule has 82 valence electrons.